The van der Waals surface area contributed by atoms with Crippen LogP contribution < -0.4 is 21.1 Å². The molecule has 9 nitrogen and oxygen atoms in total. The van der Waals surface area contributed by atoms with E-state index in [1.54, 1.807) is 30.3 Å². The van der Waals surface area contributed by atoms with E-state index in [1.807, 2.05) is 19.1 Å². The summed E-state index contributed by atoms with van der Waals surface area (Å²) >= 11 is 0. The molecule has 5 rings (SSSR count). The zero-order valence-corrected chi connectivity index (χ0v) is 18.3. The molecule has 3 aliphatic heterocycles. The van der Waals surface area contributed by atoms with Crippen molar-refractivity contribution in [2.75, 3.05) is 12.4 Å². The van der Waals surface area contributed by atoms with E-state index in [1.165, 1.54) is 12.0 Å². The van der Waals surface area contributed by atoms with Crippen molar-refractivity contribution in [1.29, 1.82) is 0 Å². The minimum Gasteiger partial charge on any atom is -0.496 e. The SMILES string of the molecule is COc1ccccc1CN1C(=O)[C@@H]2[C@H](CC(N)=O)N[C@]3(C(=O)Nc4c(C)cccc43)[C@H]2C1=O. The molecule has 2 fully saturated rings. The Balaban J connectivity index is 1.61. The average molecular weight is 448 g/mol. The Bertz CT molecular complexity index is 1210. The third kappa shape index (κ3) is 2.88. The molecule has 4 atom stereocenters. The summed E-state index contributed by atoms with van der Waals surface area (Å²) in [6.07, 6.45) is -0.168. The molecule has 0 aromatic heterocycles. The average Bonchev–Trinajstić information content (AvgIpc) is 3.35. The highest BCUT2D eigenvalue weighted by molar-refractivity contribution is 6.15. The Morgan fingerprint density at radius 2 is 1.88 bits per heavy atom. The smallest absolute Gasteiger partial charge is 0.250 e. The lowest BCUT2D eigenvalue weighted by atomic mass is 9.76. The molecule has 2 aromatic rings. The van der Waals surface area contributed by atoms with Crippen LogP contribution in [0.15, 0.2) is 42.5 Å². The fraction of sp³-hybridized carbons (Fsp3) is 0.333. The number of anilines is 1. The number of hydrogen-bond acceptors (Lipinski definition) is 6. The van der Waals surface area contributed by atoms with E-state index in [9.17, 15) is 19.2 Å². The summed E-state index contributed by atoms with van der Waals surface area (Å²) in [5.41, 5.74) is 6.76. The van der Waals surface area contributed by atoms with Crippen molar-refractivity contribution < 1.29 is 23.9 Å². The van der Waals surface area contributed by atoms with Crippen LogP contribution in [0.5, 0.6) is 5.75 Å². The number of carbonyl (C=O) groups excluding carboxylic acids is 4. The van der Waals surface area contributed by atoms with Gasteiger partial charge >= 0.3 is 0 Å². The summed E-state index contributed by atoms with van der Waals surface area (Å²) in [6, 6.07) is 11.8. The molecular formula is C24H24N4O5. The fourth-order valence-electron chi connectivity index (χ4n) is 5.59. The van der Waals surface area contributed by atoms with Gasteiger partial charge in [0, 0.05) is 29.3 Å². The minimum atomic E-state index is -1.45. The van der Waals surface area contributed by atoms with Gasteiger partial charge < -0.3 is 15.8 Å². The van der Waals surface area contributed by atoms with E-state index in [0.717, 1.165) is 5.56 Å². The Labute approximate surface area is 190 Å². The maximum Gasteiger partial charge on any atom is 0.250 e. The van der Waals surface area contributed by atoms with E-state index in [-0.39, 0.29) is 13.0 Å². The number of imide groups is 1. The molecule has 2 saturated heterocycles. The number of para-hydroxylation sites is 2. The Morgan fingerprint density at radius 1 is 1.12 bits per heavy atom. The van der Waals surface area contributed by atoms with Crippen LogP contribution in [0.2, 0.25) is 0 Å². The number of amides is 4. The zero-order valence-electron chi connectivity index (χ0n) is 18.3. The Kier molecular flexibility index (Phi) is 4.75. The molecule has 9 heteroatoms. The molecule has 4 amide bonds. The van der Waals surface area contributed by atoms with Gasteiger partial charge in [0.05, 0.1) is 25.5 Å². The van der Waals surface area contributed by atoms with Gasteiger partial charge in [0.1, 0.15) is 11.3 Å². The maximum atomic E-state index is 13.8. The van der Waals surface area contributed by atoms with Crippen molar-refractivity contribution in [3.05, 3.63) is 59.2 Å². The maximum absolute atomic E-state index is 13.8. The zero-order chi connectivity index (χ0) is 23.5. The van der Waals surface area contributed by atoms with E-state index < -0.39 is 47.0 Å². The number of hydrogen-bond donors (Lipinski definition) is 3. The first-order valence-electron chi connectivity index (χ1n) is 10.7. The first-order chi connectivity index (χ1) is 15.8. The molecule has 0 radical (unpaired) electrons. The number of methoxy groups -OCH3 is 1. The Morgan fingerprint density at radius 3 is 2.61 bits per heavy atom. The molecule has 4 N–H and O–H groups in total. The molecule has 3 heterocycles. The van der Waals surface area contributed by atoms with Crippen LogP contribution in [0.3, 0.4) is 0 Å². The summed E-state index contributed by atoms with van der Waals surface area (Å²) < 4.78 is 5.38. The van der Waals surface area contributed by atoms with Crippen molar-refractivity contribution in [2.24, 2.45) is 17.6 Å². The lowest BCUT2D eigenvalue weighted by Gasteiger charge is -2.29. The number of carbonyl (C=O) groups is 4. The van der Waals surface area contributed by atoms with Crippen molar-refractivity contribution in [3.8, 4) is 5.75 Å². The third-order valence-electron chi connectivity index (χ3n) is 6.99. The van der Waals surface area contributed by atoms with E-state index in [2.05, 4.69) is 10.6 Å². The van der Waals surface area contributed by atoms with Gasteiger partial charge in [-0.1, -0.05) is 36.4 Å². The molecule has 0 bridgehead atoms. The minimum absolute atomic E-state index is 0.0103. The molecule has 0 aliphatic carbocycles. The van der Waals surface area contributed by atoms with Gasteiger partial charge in [0.15, 0.2) is 0 Å². The molecular weight excluding hydrogens is 424 g/mol. The van der Waals surface area contributed by atoms with Crippen molar-refractivity contribution in [1.82, 2.24) is 10.2 Å². The highest BCUT2D eigenvalue weighted by Crippen LogP contribution is 2.54. The number of nitrogens with zero attached hydrogens (tertiary/aromatic N) is 1. The monoisotopic (exact) mass is 448 g/mol. The number of rotatable bonds is 5. The number of ether oxygens (including phenoxy) is 1. The first-order valence-corrected chi connectivity index (χ1v) is 10.7. The van der Waals surface area contributed by atoms with Crippen LogP contribution in [-0.4, -0.2) is 41.7 Å². The number of nitrogens with two attached hydrogens (primary N) is 1. The van der Waals surface area contributed by atoms with Crippen LogP contribution >= 0.6 is 0 Å². The predicted molar refractivity (Wildman–Crippen MR) is 118 cm³/mol. The van der Waals surface area contributed by atoms with Gasteiger partial charge in [-0.2, -0.15) is 0 Å². The van der Waals surface area contributed by atoms with E-state index in [4.69, 9.17) is 10.5 Å². The number of benzene rings is 2. The topological polar surface area (TPSA) is 131 Å². The molecule has 33 heavy (non-hydrogen) atoms. The highest BCUT2D eigenvalue weighted by atomic mass is 16.5. The second kappa shape index (κ2) is 7.41. The van der Waals surface area contributed by atoms with Crippen LogP contribution in [0.25, 0.3) is 0 Å². The largest absolute Gasteiger partial charge is 0.496 e. The number of primary amides is 1. The lowest BCUT2D eigenvalue weighted by molar-refractivity contribution is -0.143. The summed E-state index contributed by atoms with van der Waals surface area (Å²) in [4.78, 5) is 53.7. The van der Waals surface area contributed by atoms with Crippen molar-refractivity contribution >= 4 is 29.3 Å². The summed E-state index contributed by atoms with van der Waals surface area (Å²) in [7, 11) is 1.52. The van der Waals surface area contributed by atoms with E-state index in [0.29, 0.717) is 22.6 Å². The molecule has 1 spiro atoms. The van der Waals surface area contributed by atoms with Crippen LogP contribution in [0.1, 0.15) is 23.1 Å². The standard InChI is InChI=1S/C24H24N4O5/c1-12-6-5-8-14-20(12)26-23(32)24(14)19-18(15(27-24)10-17(25)29)21(30)28(22(19)31)11-13-7-3-4-9-16(13)33-2/h3-9,15,18-19,27H,10-11H2,1-2H3,(H2,25,29)(H,26,32)/t15-,18+,19+,24-/m0/s1. The molecule has 2 aromatic carbocycles. The fourth-order valence-corrected chi connectivity index (χ4v) is 5.59. The molecule has 0 unspecified atom stereocenters. The van der Waals surface area contributed by atoms with Gasteiger partial charge in [-0.25, -0.2) is 0 Å². The quantitative estimate of drug-likeness (QED) is 0.580. The molecule has 0 saturated carbocycles. The van der Waals surface area contributed by atoms with Crippen LogP contribution in [0, 0.1) is 18.8 Å². The first kappa shape index (κ1) is 21.1. The van der Waals surface area contributed by atoms with Gasteiger partial charge in [0.25, 0.3) is 0 Å². The lowest BCUT2D eigenvalue weighted by Crippen LogP contribution is -2.53. The van der Waals surface area contributed by atoms with Crippen molar-refractivity contribution in [2.45, 2.75) is 31.5 Å². The Hall–Kier alpha value is -3.72. The number of aryl methyl sites for hydroxylation is 1. The van der Waals surface area contributed by atoms with Crippen molar-refractivity contribution in [3.63, 3.8) is 0 Å². The normalized spacial score (nSPS) is 27.6. The number of fused-ring (bicyclic) bond motifs is 4. The van der Waals surface area contributed by atoms with Gasteiger partial charge in [0.2, 0.25) is 23.6 Å². The number of likely N-dealkylation sites (tertiary alicyclic amines) is 1. The predicted octanol–water partition coefficient (Wildman–Crippen LogP) is 0.800. The third-order valence-corrected chi connectivity index (χ3v) is 6.99. The van der Waals surface area contributed by atoms with Gasteiger partial charge in [-0.15, -0.1) is 0 Å². The second-order valence-corrected chi connectivity index (χ2v) is 8.76. The molecule has 170 valence electrons. The van der Waals surface area contributed by atoms with Gasteiger partial charge in [-0.3, -0.25) is 29.4 Å². The molecule has 3 aliphatic rings. The summed E-state index contributed by atoms with van der Waals surface area (Å²) in [5, 5.41) is 6.08. The van der Waals surface area contributed by atoms with Crippen LogP contribution in [-0.2, 0) is 31.3 Å². The van der Waals surface area contributed by atoms with Crippen LogP contribution in [0.4, 0.5) is 5.69 Å². The number of nitrogens with one attached hydrogen (secondary N) is 2. The van der Waals surface area contributed by atoms with E-state index >= 15 is 0 Å². The highest BCUT2D eigenvalue weighted by Gasteiger charge is 2.70. The second-order valence-electron chi connectivity index (χ2n) is 8.76. The van der Waals surface area contributed by atoms with Gasteiger partial charge in [-0.05, 0) is 18.6 Å². The summed E-state index contributed by atoms with van der Waals surface area (Å²) in [5.74, 6) is -3.25. The summed E-state index contributed by atoms with van der Waals surface area (Å²) in [6.45, 7) is 1.87.